The third-order valence-electron chi connectivity index (χ3n) is 6.21. The molecule has 2 aromatic rings. The Hall–Kier alpha value is -2.76. The Balaban J connectivity index is 1.66. The number of aryl methyl sites for hydroxylation is 1. The lowest BCUT2D eigenvalue weighted by molar-refractivity contribution is -0.123. The van der Waals surface area contributed by atoms with Gasteiger partial charge in [-0.05, 0) is 80.3 Å². The SMILES string of the molecule is CC1=CC(C)(C)N(C)c2cc(C)c(/C=C3/NC(=O)N(Cc4ccc(Cl)cc4Cl)C3=O)cc21. The third-order valence-corrected chi connectivity index (χ3v) is 6.80. The summed E-state index contributed by atoms with van der Waals surface area (Å²) in [6, 6.07) is 8.73. The fourth-order valence-electron chi connectivity index (χ4n) is 4.16. The van der Waals surface area contributed by atoms with Crippen LogP contribution >= 0.6 is 23.2 Å². The molecule has 1 saturated heterocycles. The van der Waals surface area contributed by atoms with Crippen molar-refractivity contribution in [2.75, 3.05) is 11.9 Å². The number of fused-ring (bicyclic) bond motifs is 1. The topological polar surface area (TPSA) is 52.7 Å². The van der Waals surface area contributed by atoms with E-state index in [9.17, 15) is 9.59 Å². The van der Waals surface area contributed by atoms with Crippen LogP contribution in [0.1, 0.15) is 43.0 Å². The number of likely N-dealkylation sites (N-methyl/N-ethyl adjacent to an activating group) is 1. The zero-order chi connectivity index (χ0) is 23.4. The van der Waals surface area contributed by atoms with Gasteiger partial charge in [-0.2, -0.15) is 0 Å². The maximum Gasteiger partial charge on any atom is 0.329 e. The predicted molar refractivity (Wildman–Crippen MR) is 131 cm³/mol. The number of nitrogens with zero attached hydrogens (tertiary/aromatic N) is 2. The summed E-state index contributed by atoms with van der Waals surface area (Å²) in [6.45, 7) is 8.54. The molecule has 4 rings (SSSR count). The molecule has 1 fully saturated rings. The van der Waals surface area contributed by atoms with E-state index in [0.29, 0.717) is 15.6 Å². The highest BCUT2D eigenvalue weighted by Gasteiger charge is 2.34. The maximum absolute atomic E-state index is 13.0. The normalized spacial score (nSPS) is 18.7. The number of urea groups is 1. The second-order valence-electron chi connectivity index (χ2n) is 8.88. The Labute approximate surface area is 198 Å². The first kappa shape index (κ1) is 22.4. The van der Waals surface area contributed by atoms with Crippen molar-refractivity contribution in [1.82, 2.24) is 10.2 Å². The predicted octanol–water partition coefficient (Wildman–Crippen LogP) is 6.03. The zero-order valence-corrected chi connectivity index (χ0v) is 20.2. The van der Waals surface area contributed by atoms with E-state index >= 15 is 0 Å². The summed E-state index contributed by atoms with van der Waals surface area (Å²) in [5, 5.41) is 3.61. The van der Waals surface area contributed by atoms with Crippen LogP contribution in [0.2, 0.25) is 10.0 Å². The molecular formula is C25H25Cl2N3O2. The summed E-state index contributed by atoms with van der Waals surface area (Å²) in [5.41, 5.74) is 6.17. The van der Waals surface area contributed by atoms with Gasteiger partial charge >= 0.3 is 6.03 Å². The average molecular weight is 470 g/mol. The Morgan fingerprint density at radius 2 is 1.81 bits per heavy atom. The molecular weight excluding hydrogens is 445 g/mol. The van der Waals surface area contributed by atoms with Crippen LogP contribution in [0.4, 0.5) is 10.5 Å². The number of carbonyl (C=O) groups excluding carboxylic acids is 2. The fraction of sp³-hybridized carbons (Fsp3) is 0.280. The number of carbonyl (C=O) groups is 2. The third kappa shape index (κ3) is 3.91. The number of anilines is 1. The van der Waals surface area contributed by atoms with Gasteiger partial charge in [-0.15, -0.1) is 0 Å². The number of nitrogens with one attached hydrogen (secondary N) is 1. The Kier molecular flexibility index (Phi) is 5.60. The van der Waals surface area contributed by atoms with Crippen molar-refractivity contribution >= 4 is 52.5 Å². The maximum atomic E-state index is 13.0. The second-order valence-corrected chi connectivity index (χ2v) is 9.72. The van der Waals surface area contributed by atoms with Crippen molar-refractivity contribution in [3.05, 3.63) is 74.4 Å². The highest BCUT2D eigenvalue weighted by atomic mass is 35.5. The first-order valence-corrected chi connectivity index (χ1v) is 11.1. The van der Waals surface area contributed by atoms with E-state index in [1.54, 1.807) is 24.3 Å². The monoisotopic (exact) mass is 469 g/mol. The number of imide groups is 1. The number of halogens is 2. The van der Waals surface area contributed by atoms with Gasteiger partial charge < -0.3 is 10.2 Å². The molecule has 0 aromatic heterocycles. The van der Waals surface area contributed by atoms with Gasteiger partial charge in [-0.25, -0.2) is 4.79 Å². The molecule has 0 bridgehead atoms. The van der Waals surface area contributed by atoms with Crippen LogP contribution in [0, 0.1) is 6.92 Å². The van der Waals surface area contributed by atoms with Crippen molar-refractivity contribution in [2.45, 2.75) is 39.8 Å². The molecule has 2 heterocycles. The van der Waals surface area contributed by atoms with E-state index in [4.69, 9.17) is 23.2 Å². The van der Waals surface area contributed by atoms with Crippen LogP contribution in [-0.4, -0.2) is 29.4 Å². The first-order chi connectivity index (χ1) is 15.0. The molecule has 2 aromatic carbocycles. The minimum absolute atomic E-state index is 0.0723. The van der Waals surface area contributed by atoms with Crippen molar-refractivity contribution in [2.24, 2.45) is 0 Å². The smallest absolute Gasteiger partial charge is 0.329 e. The van der Waals surface area contributed by atoms with Gasteiger partial charge in [0.05, 0.1) is 12.1 Å². The quantitative estimate of drug-likeness (QED) is 0.441. The Morgan fingerprint density at radius 3 is 2.50 bits per heavy atom. The standard InChI is InChI=1S/C25H25Cl2N3O2/c1-14-8-22-19(15(2)12-25(3,4)29(22)5)9-17(14)10-21-23(31)30(24(32)28-21)13-16-6-7-18(26)11-20(16)27/h6-12H,13H2,1-5H3,(H,28,32)/b21-10+. The molecule has 0 spiro atoms. The number of hydrogen-bond acceptors (Lipinski definition) is 3. The first-order valence-electron chi connectivity index (χ1n) is 10.3. The van der Waals surface area contributed by atoms with Crippen LogP contribution in [0.15, 0.2) is 42.1 Å². The molecule has 0 saturated carbocycles. The summed E-state index contributed by atoms with van der Waals surface area (Å²) in [5.74, 6) is -0.386. The number of hydrogen-bond donors (Lipinski definition) is 1. The van der Waals surface area contributed by atoms with Gasteiger partial charge in [0.15, 0.2) is 0 Å². The van der Waals surface area contributed by atoms with Crippen LogP contribution in [0.5, 0.6) is 0 Å². The summed E-state index contributed by atoms with van der Waals surface area (Å²) < 4.78 is 0. The Morgan fingerprint density at radius 1 is 1.09 bits per heavy atom. The van der Waals surface area contributed by atoms with Crippen LogP contribution in [0.3, 0.4) is 0 Å². The molecule has 0 radical (unpaired) electrons. The van der Waals surface area contributed by atoms with E-state index in [1.165, 1.54) is 5.57 Å². The van der Waals surface area contributed by atoms with Crippen molar-refractivity contribution in [3.8, 4) is 0 Å². The molecule has 2 aliphatic rings. The minimum Gasteiger partial charge on any atom is -0.365 e. The highest BCUT2D eigenvalue weighted by molar-refractivity contribution is 6.35. The van der Waals surface area contributed by atoms with Gasteiger partial charge in [0, 0.05) is 28.3 Å². The number of benzene rings is 2. The van der Waals surface area contributed by atoms with Crippen LogP contribution in [0.25, 0.3) is 11.6 Å². The minimum atomic E-state index is -0.472. The number of allylic oxidation sites excluding steroid dienone is 1. The van der Waals surface area contributed by atoms with E-state index < -0.39 is 6.03 Å². The Bertz CT molecular complexity index is 1210. The van der Waals surface area contributed by atoms with Gasteiger partial charge in [0.25, 0.3) is 5.91 Å². The lowest BCUT2D eigenvalue weighted by Crippen LogP contribution is -2.42. The van der Waals surface area contributed by atoms with E-state index in [2.05, 4.69) is 56.2 Å². The van der Waals surface area contributed by atoms with E-state index in [-0.39, 0.29) is 23.7 Å². The zero-order valence-electron chi connectivity index (χ0n) is 18.7. The molecule has 7 heteroatoms. The summed E-state index contributed by atoms with van der Waals surface area (Å²) in [6.07, 6.45) is 3.98. The van der Waals surface area contributed by atoms with Crippen LogP contribution < -0.4 is 10.2 Å². The molecule has 5 nitrogen and oxygen atoms in total. The molecule has 32 heavy (non-hydrogen) atoms. The van der Waals surface area contributed by atoms with Crippen molar-refractivity contribution in [3.63, 3.8) is 0 Å². The summed E-state index contributed by atoms with van der Waals surface area (Å²) in [4.78, 5) is 28.9. The molecule has 0 unspecified atom stereocenters. The van der Waals surface area contributed by atoms with E-state index in [1.807, 2.05) is 6.92 Å². The van der Waals surface area contributed by atoms with Crippen molar-refractivity contribution < 1.29 is 9.59 Å². The van der Waals surface area contributed by atoms with Gasteiger partial charge in [-0.1, -0.05) is 35.3 Å². The molecule has 1 N–H and O–H groups in total. The fourth-order valence-corrected chi connectivity index (χ4v) is 4.63. The molecule has 166 valence electrons. The lowest BCUT2D eigenvalue weighted by Gasteiger charge is -2.41. The highest BCUT2D eigenvalue weighted by Crippen LogP contribution is 2.39. The molecule has 0 aliphatic carbocycles. The number of rotatable bonds is 3. The second kappa shape index (κ2) is 7.98. The van der Waals surface area contributed by atoms with E-state index in [0.717, 1.165) is 27.3 Å². The van der Waals surface area contributed by atoms with Gasteiger partial charge in [0.2, 0.25) is 0 Å². The van der Waals surface area contributed by atoms with Crippen LogP contribution in [-0.2, 0) is 11.3 Å². The largest absolute Gasteiger partial charge is 0.365 e. The summed E-state index contributed by atoms with van der Waals surface area (Å²) in [7, 11) is 2.08. The van der Waals surface area contributed by atoms with Crippen molar-refractivity contribution in [1.29, 1.82) is 0 Å². The summed E-state index contributed by atoms with van der Waals surface area (Å²) >= 11 is 12.2. The number of amides is 3. The molecule has 2 aliphatic heterocycles. The lowest BCUT2D eigenvalue weighted by atomic mass is 9.87. The van der Waals surface area contributed by atoms with Gasteiger partial charge in [-0.3, -0.25) is 9.69 Å². The average Bonchev–Trinajstić information content (AvgIpc) is 2.96. The van der Waals surface area contributed by atoms with Gasteiger partial charge in [0.1, 0.15) is 5.70 Å². The molecule has 3 amide bonds. The molecule has 0 atom stereocenters.